The Labute approximate surface area is 107 Å². The first-order valence-electron chi connectivity index (χ1n) is 5.37. The van der Waals surface area contributed by atoms with Gasteiger partial charge in [0.15, 0.2) is 0 Å². The number of rotatable bonds is 2. The molecule has 0 aromatic heterocycles. The summed E-state index contributed by atoms with van der Waals surface area (Å²) in [5, 5.41) is 13.9. The number of phenols is 1. The van der Waals surface area contributed by atoms with Crippen LogP contribution in [0.3, 0.4) is 0 Å². The number of carbonyl (C=O) groups excluding carboxylic acids is 1. The number of phenolic OH excluding ortho intramolecular Hbond substituents is 1. The Kier molecular flexibility index (Phi) is 3.61. The van der Waals surface area contributed by atoms with Crippen LogP contribution in [0.25, 0.3) is 0 Å². The van der Waals surface area contributed by atoms with Gasteiger partial charge in [0.25, 0.3) is 0 Å². The molecule has 98 valence electrons. The molecule has 0 heterocycles. The monoisotopic (exact) mass is 264 g/mol. The maximum Gasteiger partial charge on any atom is 0.323 e. The molecule has 0 atom stereocenters. The van der Waals surface area contributed by atoms with Crippen molar-refractivity contribution in [1.29, 1.82) is 0 Å². The molecule has 0 aliphatic heterocycles. The fourth-order valence-electron chi connectivity index (χ4n) is 1.46. The zero-order chi connectivity index (χ0) is 13.8. The molecule has 0 aliphatic carbocycles. The average Bonchev–Trinajstić information content (AvgIpc) is 2.33. The molecule has 0 saturated heterocycles. The summed E-state index contributed by atoms with van der Waals surface area (Å²) in [6.07, 6.45) is 0. The summed E-state index contributed by atoms with van der Waals surface area (Å²) < 4.78 is 26.0. The SMILES string of the molecule is O=C(Nc1cccc(O)c1)Nc1ccc(F)cc1F. The lowest BCUT2D eigenvalue weighted by Gasteiger charge is -2.08. The molecule has 0 aliphatic rings. The minimum Gasteiger partial charge on any atom is -0.508 e. The largest absolute Gasteiger partial charge is 0.508 e. The molecule has 4 nitrogen and oxygen atoms in total. The number of hydrogen-bond acceptors (Lipinski definition) is 2. The number of aromatic hydroxyl groups is 1. The topological polar surface area (TPSA) is 61.4 Å². The maximum absolute atomic E-state index is 13.3. The minimum atomic E-state index is -0.869. The van der Waals surface area contributed by atoms with Crippen LogP contribution >= 0.6 is 0 Å². The number of anilines is 2. The smallest absolute Gasteiger partial charge is 0.323 e. The number of halogens is 2. The zero-order valence-electron chi connectivity index (χ0n) is 9.65. The summed E-state index contributed by atoms with van der Waals surface area (Å²) in [6.45, 7) is 0. The van der Waals surface area contributed by atoms with Gasteiger partial charge in [0.1, 0.15) is 17.4 Å². The van der Waals surface area contributed by atoms with Gasteiger partial charge in [-0.25, -0.2) is 13.6 Å². The third-order valence-corrected chi connectivity index (χ3v) is 2.28. The number of nitrogens with one attached hydrogen (secondary N) is 2. The van der Waals surface area contributed by atoms with Crippen molar-refractivity contribution in [1.82, 2.24) is 0 Å². The van der Waals surface area contributed by atoms with E-state index in [1.165, 1.54) is 12.1 Å². The van der Waals surface area contributed by atoms with Crippen LogP contribution in [0.4, 0.5) is 25.0 Å². The molecular formula is C13H10F2N2O2. The second-order valence-electron chi connectivity index (χ2n) is 3.75. The van der Waals surface area contributed by atoms with Crippen LogP contribution in [0.1, 0.15) is 0 Å². The van der Waals surface area contributed by atoms with Crippen LogP contribution in [-0.4, -0.2) is 11.1 Å². The molecule has 0 saturated carbocycles. The normalized spacial score (nSPS) is 10.0. The van der Waals surface area contributed by atoms with Gasteiger partial charge in [0.2, 0.25) is 0 Å². The van der Waals surface area contributed by atoms with Gasteiger partial charge >= 0.3 is 6.03 Å². The van der Waals surface area contributed by atoms with E-state index < -0.39 is 17.7 Å². The first-order chi connectivity index (χ1) is 9.04. The van der Waals surface area contributed by atoms with E-state index >= 15 is 0 Å². The molecule has 19 heavy (non-hydrogen) atoms. The maximum atomic E-state index is 13.3. The van der Waals surface area contributed by atoms with E-state index in [-0.39, 0.29) is 11.4 Å². The van der Waals surface area contributed by atoms with E-state index in [1.54, 1.807) is 12.1 Å². The Morgan fingerprint density at radius 3 is 2.53 bits per heavy atom. The van der Waals surface area contributed by atoms with Crippen LogP contribution in [0.15, 0.2) is 42.5 Å². The third-order valence-electron chi connectivity index (χ3n) is 2.28. The van der Waals surface area contributed by atoms with Crippen molar-refractivity contribution in [3.8, 4) is 5.75 Å². The number of carbonyl (C=O) groups is 1. The van der Waals surface area contributed by atoms with Crippen molar-refractivity contribution in [2.24, 2.45) is 0 Å². The highest BCUT2D eigenvalue weighted by molar-refractivity contribution is 5.99. The summed E-state index contributed by atoms with van der Waals surface area (Å²) in [5.74, 6) is -1.60. The van der Waals surface area contributed by atoms with Crippen molar-refractivity contribution < 1.29 is 18.7 Å². The van der Waals surface area contributed by atoms with E-state index in [0.717, 1.165) is 12.1 Å². The molecule has 0 fully saturated rings. The predicted molar refractivity (Wildman–Crippen MR) is 67.1 cm³/mol. The first kappa shape index (κ1) is 12.8. The van der Waals surface area contributed by atoms with Crippen molar-refractivity contribution in [3.05, 3.63) is 54.1 Å². The minimum absolute atomic E-state index is 0.00855. The highest BCUT2D eigenvalue weighted by Crippen LogP contribution is 2.17. The van der Waals surface area contributed by atoms with E-state index in [0.29, 0.717) is 11.8 Å². The molecule has 3 N–H and O–H groups in total. The van der Waals surface area contributed by atoms with E-state index in [2.05, 4.69) is 10.6 Å². The van der Waals surface area contributed by atoms with Crippen molar-refractivity contribution in [2.75, 3.05) is 10.6 Å². The fraction of sp³-hybridized carbons (Fsp3) is 0. The van der Waals surface area contributed by atoms with Crippen molar-refractivity contribution >= 4 is 17.4 Å². The Bertz CT molecular complexity index is 617. The Morgan fingerprint density at radius 1 is 1.05 bits per heavy atom. The van der Waals surface area contributed by atoms with Gasteiger partial charge < -0.3 is 15.7 Å². The molecule has 2 aromatic carbocycles. The van der Waals surface area contributed by atoms with Crippen LogP contribution in [0, 0.1) is 11.6 Å². The molecular weight excluding hydrogens is 254 g/mol. The highest BCUT2D eigenvalue weighted by atomic mass is 19.1. The standard InChI is InChI=1S/C13H10F2N2O2/c14-8-4-5-12(11(15)6-8)17-13(19)16-9-2-1-3-10(18)7-9/h1-7,18H,(H2,16,17,19). The molecule has 2 rings (SSSR count). The van der Waals surface area contributed by atoms with Crippen molar-refractivity contribution in [2.45, 2.75) is 0 Å². The Balaban J connectivity index is 2.05. The van der Waals surface area contributed by atoms with E-state index in [9.17, 15) is 18.7 Å². The second-order valence-corrected chi connectivity index (χ2v) is 3.75. The Morgan fingerprint density at radius 2 is 1.84 bits per heavy atom. The quantitative estimate of drug-likeness (QED) is 0.779. The summed E-state index contributed by atoms with van der Waals surface area (Å²) >= 11 is 0. The van der Waals surface area contributed by atoms with Gasteiger partial charge in [0, 0.05) is 17.8 Å². The third kappa shape index (κ3) is 3.41. The van der Waals surface area contributed by atoms with Crippen LogP contribution in [0.5, 0.6) is 5.75 Å². The van der Waals surface area contributed by atoms with Gasteiger partial charge in [-0.15, -0.1) is 0 Å². The number of urea groups is 1. The average molecular weight is 264 g/mol. The number of benzene rings is 2. The molecule has 0 unspecified atom stereocenters. The number of hydrogen-bond donors (Lipinski definition) is 3. The molecule has 2 aromatic rings. The van der Waals surface area contributed by atoms with Gasteiger partial charge in [0.05, 0.1) is 5.69 Å². The summed E-state index contributed by atoms with van der Waals surface area (Å²) in [4.78, 5) is 11.6. The van der Waals surface area contributed by atoms with Gasteiger partial charge in [-0.2, -0.15) is 0 Å². The van der Waals surface area contributed by atoms with E-state index in [4.69, 9.17) is 0 Å². The van der Waals surface area contributed by atoms with Gasteiger partial charge in [-0.3, -0.25) is 0 Å². The van der Waals surface area contributed by atoms with Gasteiger partial charge in [-0.05, 0) is 24.3 Å². The van der Waals surface area contributed by atoms with Crippen LogP contribution in [-0.2, 0) is 0 Å². The van der Waals surface area contributed by atoms with Gasteiger partial charge in [-0.1, -0.05) is 6.07 Å². The fourth-order valence-corrected chi connectivity index (χ4v) is 1.46. The molecule has 2 amide bonds. The molecule has 6 heteroatoms. The predicted octanol–water partition coefficient (Wildman–Crippen LogP) is 3.31. The summed E-state index contributed by atoms with van der Waals surface area (Å²) in [6, 6.07) is 8.01. The number of amides is 2. The lowest BCUT2D eigenvalue weighted by Crippen LogP contribution is -2.20. The summed E-state index contributed by atoms with van der Waals surface area (Å²) in [5.41, 5.74) is 0.207. The molecule has 0 bridgehead atoms. The van der Waals surface area contributed by atoms with E-state index in [1.807, 2.05) is 0 Å². The zero-order valence-corrected chi connectivity index (χ0v) is 9.65. The van der Waals surface area contributed by atoms with Crippen LogP contribution < -0.4 is 10.6 Å². The molecule has 0 spiro atoms. The Hall–Kier alpha value is -2.63. The lowest BCUT2D eigenvalue weighted by atomic mass is 10.3. The first-order valence-corrected chi connectivity index (χ1v) is 5.37. The molecule has 0 radical (unpaired) electrons. The van der Waals surface area contributed by atoms with Crippen LogP contribution in [0.2, 0.25) is 0 Å². The lowest BCUT2D eigenvalue weighted by molar-refractivity contribution is 0.262. The van der Waals surface area contributed by atoms with Crippen molar-refractivity contribution in [3.63, 3.8) is 0 Å². The summed E-state index contributed by atoms with van der Waals surface area (Å²) in [7, 11) is 0. The highest BCUT2D eigenvalue weighted by Gasteiger charge is 2.08. The second kappa shape index (κ2) is 5.34.